The van der Waals surface area contributed by atoms with Crippen LogP contribution in [0.2, 0.25) is 0 Å². The zero-order valence-electron chi connectivity index (χ0n) is 17.4. The second-order valence-electron chi connectivity index (χ2n) is 7.28. The molecule has 0 spiro atoms. The maximum Gasteiger partial charge on any atom is 0.190 e. The molecule has 0 saturated heterocycles. The lowest BCUT2D eigenvalue weighted by atomic mass is 10.2. The number of aromatic nitrogens is 1. The van der Waals surface area contributed by atoms with Gasteiger partial charge in [0.2, 0.25) is 0 Å². The number of rotatable bonds is 10. The minimum Gasteiger partial charge on any atom is -0.356 e. The summed E-state index contributed by atoms with van der Waals surface area (Å²) in [6, 6.07) is 19.8. The van der Waals surface area contributed by atoms with Crippen molar-refractivity contribution >= 4 is 26.7 Å². The summed E-state index contributed by atoms with van der Waals surface area (Å²) in [5.41, 5.74) is 2.08. The molecule has 0 bridgehead atoms. The number of hydrogen-bond acceptors (Lipinski definition) is 3. The first-order valence-corrected chi connectivity index (χ1v) is 12.1. The van der Waals surface area contributed by atoms with Crippen molar-refractivity contribution in [2.24, 2.45) is 4.99 Å². The summed E-state index contributed by atoms with van der Waals surface area (Å²) in [4.78, 5) is 4.21. The Bertz CT molecular complexity index is 1060. The average molecular weight is 427 g/mol. The molecule has 0 amide bonds. The topological polar surface area (TPSA) is 75.5 Å². The standard InChI is InChI=1S/C23H30N4O2S/c1-24-23(25-14-7-16-27-17-13-21-11-5-6-12-22(21)27)26-15-8-18-30(28,29)19-20-9-3-2-4-10-20/h2-6,9-13,17H,7-8,14-16,18-19H2,1H3,(H2,24,25,26). The summed E-state index contributed by atoms with van der Waals surface area (Å²) in [6.07, 6.45) is 3.63. The van der Waals surface area contributed by atoms with Gasteiger partial charge in [-0.3, -0.25) is 4.99 Å². The van der Waals surface area contributed by atoms with Gasteiger partial charge < -0.3 is 15.2 Å². The van der Waals surface area contributed by atoms with Crippen molar-refractivity contribution in [3.8, 4) is 0 Å². The number of nitrogens with one attached hydrogen (secondary N) is 2. The van der Waals surface area contributed by atoms with Crippen LogP contribution in [0.25, 0.3) is 10.9 Å². The molecule has 3 rings (SSSR count). The number of nitrogens with zero attached hydrogens (tertiary/aromatic N) is 2. The Morgan fingerprint density at radius 2 is 1.63 bits per heavy atom. The first kappa shape index (κ1) is 21.9. The summed E-state index contributed by atoms with van der Waals surface area (Å²) in [5, 5.41) is 7.75. The zero-order chi connectivity index (χ0) is 21.2. The van der Waals surface area contributed by atoms with E-state index in [0.717, 1.165) is 25.1 Å². The number of sulfone groups is 1. The van der Waals surface area contributed by atoms with Crippen molar-refractivity contribution in [3.63, 3.8) is 0 Å². The molecule has 3 aromatic rings. The third-order valence-electron chi connectivity index (χ3n) is 4.93. The van der Waals surface area contributed by atoms with Crippen LogP contribution in [0.15, 0.2) is 71.9 Å². The van der Waals surface area contributed by atoms with Crippen LogP contribution in [0.5, 0.6) is 0 Å². The first-order chi connectivity index (χ1) is 14.6. The van der Waals surface area contributed by atoms with Gasteiger partial charge in [0.25, 0.3) is 0 Å². The van der Waals surface area contributed by atoms with E-state index in [4.69, 9.17) is 0 Å². The fourth-order valence-corrected chi connectivity index (χ4v) is 4.84. The summed E-state index contributed by atoms with van der Waals surface area (Å²) in [5.74, 6) is 0.953. The van der Waals surface area contributed by atoms with Gasteiger partial charge in [-0.1, -0.05) is 48.5 Å². The maximum atomic E-state index is 12.3. The molecule has 30 heavy (non-hydrogen) atoms. The molecule has 0 unspecified atom stereocenters. The second kappa shape index (κ2) is 10.8. The van der Waals surface area contributed by atoms with E-state index < -0.39 is 9.84 Å². The fourth-order valence-electron chi connectivity index (χ4n) is 3.41. The summed E-state index contributed by atoms with van der Waals surface area (Å²) in [6.45, 7) is 2.28. The third-order valence-corrected chi connectivity index (χ3v) is 6.61. The normalized spacial score (nSPS) is 12.2. The molecule has 0 saturated carbocycles. The van der Waals surface area contributed by atoms with Crippen LogP contribution in [-0.2, 0) is 22.1 Å². The van der Waals surface area contributed by atoms with E-state index in [-0.39, 0.29) is 11.5 Å². The van der Waals surface area contributed by atoms with Crippen LogP contribution in [0.3, 0.4) is 0 Å². The Labute approximate surface area is 178 Å². The summed E-state index contributed by atoms with van der Waals surface area (Å²) < 4.78 is 26.8. The van der Waals surface area contributed by atoms with Crippen molar-refractivity contribution in [1.29, 1.82) is 0 Å². The largest absolute Gasteiger partial charge is 0.356 e. The van der Waals surface area contributed by atoms with E-state index >= 15 is 0 Å². The summed E-state index contributed by atoms with van der Waals surface area (Å²) in [7, 11) is -1.38. The van der Waals surface area contributed by atoms with Gasteiger partial charge in [-0.05, 0) is 35.9 Å². The molecule has 2 aromatic carbocycles. The van der Waals surface area contributed by atoms with Gasteiger partial charge in [0, 0.05) is 38.4 Å². The highest BCUT2D eigenvalue weighted by molar-refractivity contribution is 7.90. The maximum absolute atomic E-state index is 12.3. The van der Waals surface area contributed by atoms with Crippen LogP contribution < -0.4 is 10.6 Å². The molecule has 0 radical (unpaired) electrons. The van der Waals surface area contributed by atoms with Crippen molar-refractivity contribution in [2.75, 3.05) is 25.9 Å². The van der Waals surface area contributed by atoms with E-state index in [1.54, 1.807) is 7.05 Å². The second-order valence-corrected chi connectivity index (χ2v) is 9.46. The molecule has 0 atom stereocenters. The van der Waals surface area contributed by atoms with Gasteiger partial charge in [0.05, 0.1) is 11.5 Å². The molecule has 1 heterocycles. The van der Waals surface area contributed by atoms with E-state index in [1.165, 1.54) is 10.9 Å². The Balaban J connectivity index is 1.34. The number of aryl methyl sites for hydroxylation is 1. The quantitative estimate of drug-likeness (QED) is 0.297. The number of fused-ring (bicyclic) bond motifs is 1. The number of aliphatic imine (C=N–C) groups is 1. The lowest BCUT2D eigenvalue weighted by Crippen LogP contribution is -2.38. The zero-order valence-corrected chi connectivity index (χ0v) is 18.2. The number of para-hydroxylation sites is 1. The monoisotopic (exact) mass is 426 g/mol. The number of guanidine groups is 1. The van der Waals surface area contributed by atoms with Crippen LogP contribution in [0, 0.1) is 0 Å². The third kappa shape index (κ3) is 6.62. The molecular formula is C23H30N4O2S. The molecule has 0 fully saturated rings. The van der Waals surface area contributed by atoms with E-state index in [9.17, 15) is 8.42 Å². The van der Waals surface area contributed by atoms with Gasteiger partial charge in [0.15, 0.2) is 15.8 Å². The van der Waals surface area contributed by atoms with Crippen LogP contribution >= 0.6 is 0 Å². The van der Waals surface area contributed by atoms with Gasteiger partial charge in [-0.15, -0.1) is 0 Å². The van der Waals surface area contributed by atoms with Crippen LogP contribution in [-0.4, -0.2) is 44.8 Å². The van der Waals surface area contributed by atoms with Gasteiger partial charge in [-0.25, -0.2) is 8.42 Å². The SMILES string of the molecule is CN=C(NCCCn1ccc2ccccc21)NCCCS(=O)(=O)Cc1ccccc1. The molecule has 0 aliphatic heterocycles. The fraction of sp³-hybridized carbons (Fsp3) is 0.348. The number of benzene rings is 2. The minimum absolute atomic E-state index is 0.0922. The van der Waals surface area contributed by atoms with Gasteiger partial charge >= 0.3 is 0 Å². The Morgan fingerprint density at radius 3 is 2.40 bits per heavy atom. The minimum atomic E-state index is -3.11. The molecule has 0 aliphatic carbocycles. The highest BCUT2D eigenvalue weighted by Gasteiger charge is 2.11. The highest BCUT2D eigenvalue weighted by atomic mass is 32.2. The lowest BCUT2D eigenvalue weighted by Gasteiger charge is -2.12. The predicted octanol–water partition coefficient (Wildman–Crippen LogP) is 3.20. The molecule has 0 aliphatic rings. The van der Waals surface area contributed by atoms with Crippen molar-refractivity contribution in [2.45, 2.75) is 25.1 Å². The molecule has 6 nitrogen and oxygen atoms in total. The summed E-state index contributed by atoms with van der Waals surface area (Å²) >= 11 is 0. The van der Waals surface area contributed by atoms with E-state index in [0.29, 0.717) is 18.9 Å². The molecule has 7 heteroatoms. The molecule has 160 valence electrons. The van der Waals surface area contributed by atoms with Gasteiger partial charge in [0.1, 0.15) is 0 Å². The lowest BCUT2D eigenvalue weighted by molar-refractivity contribution is 0.591. The predicted molar refractivity (Wildman–Crippen MR) is 124 cm³/mol. The molecule has 1 aromatic heterocycles. The van der Waals surface area contributed by atoms with Crippen LogP contribution in [0.4, 0.5) is 0 Å². The Hall–Kier alpha value is -2.80. The van der Waals surface area contributed by atoms with Crippen molar-refractivity contribution in [1.82, 2.24) is 15.2 Å². The molecular weight excluding hydrogens is 396 g/mol. The van der Waals surface area contributed by atoms with E-state index in [2.05, 4.69) is 56.7 Å². The highest BCUT2D eigenvalue weighted by Crippen LogP contribution is 2.15. The smallest absolute Gasteiger partial charge is 0.190 e. The Morgan fingerprint density at radius 1 is 0.933 bits per heavy atom. The van der Waals surface area contributed by atoms with Crippen LogP contribution in [0.1, 0.15) is 18.4 Å². The van der Waals surface area contributed by atoms with Crippen molar-refractivity contribution < 1.29 is 8.42 Å². The van der Waals surface area contributed by atoms with E-state index in [1.807, 2.05) is 30.3 Å². The van der Waals surface area contributed by atoms with Gasteiger partial charge in [-0.2, -0.15) is 0 Å². The Kier molecular flexibility index (Phi) is 7.90. The number of hydrogen-bond donors (Lipinski definition) is 2. The average Bonchev–Trinajstić information content (AvgIpc) is 3.16. The first-order valence-electron chi connectivity index (χ1n) is 10.3. The molecule has 2 N–H and O–H groups in total. The van der Waals surface area contributed by atoms with Crippen molar-refractivity contribution in [3.05, 3.63) is 72.4 Å².